The second-order valence-corrected chi connectivity index (χ2v) is 4.83. The molecule has 9 heteroatoms. The number of nitrogens with one attached hydrogen (secondary N) is 1. The Labute approximate surface area is 138 Å². The predicted molar refractivity (Wildman–Crippen MR) is 82.2 cm³/mol. The van der Waals surface area contributed by atoms with Crippen molar-refractivity contribution in [2.45, 2.75) is 6.18 Å². The van der Waals surface area contributed by atoms with E-state index in [1.807, 2.05) is 0 Å². The molecule has 1 amide bonds. The number of hydrogen-bond acceptors (Lipinski definition) is 3. The zero-order chi connectivity index (χ0) is 18.6. The van der Waals surface area contributed by atoms with Gasteiger partial charge in [-0.1, -0.05) is 30.3 Å². The molecule has 1 N–H and O–H groups in total. The molecule has 0 saturated heterocycles. The molecule has 0 bridgehead atoms. The largest absolute Gasteiger partial charge is 0.417 e. The molecule has 0 heterocycles. The SMILES string of the molecule is O=C(/C=C(/c1ccccc1)C(F)(F)F)Nc1ccc(F)c([N+](=O)[O-])c1. The van der Waals surface area contributed by atoms with Crippen molar-refractivity contribution in [2.75, 3.05) is 5.32 Å². The van der Waals surface area contributed by atoms with E-state index in [1.54, 1.807) is 0 Å². The molecule has 0 saturated carbocycles. The van der Waals surface area contributed by atoms with Crippen LogP contribution >= 0.6 is 0 Å². The molecule has 0 unspecified atom stereocenters. The fourth-order valence-electron chi connectivity index (χ4n) is 1.99. The molecule has 25 heavy (non-hydrogen) atoms. The van der Waals surface area contributed by atoms with E-state index in [9.17, 15) is 32.5 Å². The molecule has 0 atom stereocenters. The van der Waals surface area contributed by atoms with Crippen molar-refractivity contribution in [3.63, 3.8) is 0 Å². The average molecular weight is 354 g/mol. The highest BCUT2D eigenvalue weighted by molar-refractivity contribution is 6.04. The summed E-state index contributed by atoms with van der Waals surface area (Å²) in [5.74, 6) is -2.28. The summed E-state index contributed by atoms with van der Waals surface area (Å²) in [4.78, 5) is 21.5. The second-order valence-electron chi connectivity index (χ2n) is 4.83. The van der Waals surface area contributed by atoms with Crippen LogP contribution in [0.25, 0.3) is 5.57 Å². The van der Waals surface area contributed by atoms with Crippen LogP contribution in [0.1, 0.15) is 5.56 Å². The van der Waals surface area contributed by atoms with Crippen LogP contribution in [0.5, 0.6) is 0 Å². The number of alkyl halides is 3. The lowest BCUT2D eigenvalue weighted by Crippen LogP contribution is -2.16. The summed E-state index contributed by atoms with van der Waals surface area (Å²) in [7, 11) is 0. The Balaban J connectivity index is 2.31. The molecule has 2 aromatic rings. The zero-order valence-electron chi connectivity index (χ0n) is 12.4. The standard InChI is InChI=1S/C16H10F4N2O3/c17-13-7-6-11(8-14(13)22(24)25)21-15(23)9-12(16(18,19)20)10-4-2-1-3-5-10/h1-9H,(H,21,23)/b12-9-. The van der Waals surface area contributed by atoms with Crippen molar-refractivity contribution < 1.29 is 27.3 Å². The highest BCUT2D eigenvalue weighted by atomic mass is 19.4. The van der Waals surface area contributed by atoms with Crippen LogP contribution < -0.4 is 5.32 Å². The number of carbonyl (C=O) groups excluding carboxylic acids is 1. The Morgan fingerprint density at radius 2 is 1.76 bits per heavy atom. The van der Waals surface area contributed by atoms with Crippen molar-refractivity contribution in [1.29, 1.82) is 0 Å². The number of carbonyl (C=O) groups is 1. The highest BCUT2D eigenvalue weighted by Crippen LogP contribution is 2.33. The number of benzene rings is 2. The van der Waals surface area contributed by atoms with Crippen LogP contribution in [0.2, 0.25) is 0 Å². The van der Waals surface area contributed by atoms with Crippen LogP contribution in [0.4, 0.5) is 28.9 Å². The number of nitrogens with zero attached hydrogens (tertiary/aromatic N) is 1. The number of allylic oxidation sites excluding steroid dienone is 1. The van der Waals surface area contributed by atoms with E-state index in [0.717, 1.165) is 18.2 Å². The minimum Gasteiger partial charge on any atom is -0.322 e. The van der Waals surface area contributed by atoms with Crippen molar-refractivity contribution in [2.24, 2.45) is 0 Å². The van der Waals surface area contributed by atoms with E-state index in [1.165, 1.54) is 30.3 Å². The molecular weight excluding hydrogens is 344 g/mol. The van der Waals surface area contributed by atoms with Gasteiger partial charge in [-0.3, -0.25) is 14.9 Å². The summed E-state index contributed by atoms with van der Waals surface area (Å²) in [6.45, 7) is 0. The molecule has 0 aromatic heterocycles. The maximum Gasteiger partial charge on any atom is 0.417 e. The van der Waals surface area contributed by atoms with Crippen LogP contribution in [-0.2, 0) is 4.79 Å². The Morgan fingerprint density at radius 1 is 1.12 bits per heavy atom. The van der Waals surface area contributed by atoms with Crippen LogP contribution in [-0.4, -0.2) is 17.0 Å². The maximum absolute atomic E-state index is 13.2. The first-order valence-electron chi connectivity index (χ1n) is 6.77. The van der Waals surface area contributed by atoms with Gasteiger partial charge in [-0.2, -0.15) is 17.6 Å². The molecular formula is C16H10F4N2O3. The molecule has 2 aromatic carbocycles. The van der Waals surface area contributed by atoms with Gasteiger partial charge < -0.3 is 5.32 Å². The Hall–Kier alpha value is -3.23. The second kappa shape index (κ2) is 7.12. The number of amides is 1. The van der Waals surface area contributed by atoms with Crippen LogP contribution in [0.3, 0.4) is 0 Å². The van der Waals surface area contributed by atoms with Gasteiger partial charge in [-0.05, 0) is 17.7 Å². The predicted octanol–water partition coefficient (Wildman–Crippen LogP) is 4.32. The third-order valence-corrected chi connectivity index (χ3v) is 3.08. The van der Waals surface area contributed by atoms with E-state index in [0.29, 0.717) is 6.08 Å². The van der Waals surface area contributed by atoms with Gasteiger partial charge in [0.25, 0.3) is 0 Å². The third-order valence-electron chi connectivity index (χ3n) is 3.08. The fraction of sp³-hybridized carbons (Fsp3) is 0.0625. The van der Waals surface area contributed by atoms with Crippen LogP contribution in [0.15, 0.2) is 54.6 Å². The number of rotatable bonds is 4. The monoisotopic (exact) mass is 354 g/mol. The molecule has 0 spiro atoms. The van der Waals surface area contributed by atoms with Crippen LogP contribution in [0, 0.1) is 15.9 Å². The van der Waals surface area contributed by atoms with E-state index in [2.05, 4.69) is 5.32 Å². The molecule has 0 aliphatic heterocycles. The molecule has 0 radical (unpaired) electrons. The summed E-state index contributed by atoms with van der Waals surface area (Å²) in [5, 5.41) is 12.7. The normalized spacial score (nSPS) is 11.9. The number of anilines is 1. The molecule has 130 valence electrons. The number of halogens is 4. The molecule has 0 aliphatic carbocycles. The van der Waals surface area contributed by atoms with Gasteiger partial charge >= 0.3 is 11.9 Å². The highest BCUT2D eigenvalue weighted by Gasteiger charge is 2.35. The number of hydrogen-bond donors (Lipinski definition) is 1. The topological polar surface area (TPSA) is 72.2 Å². The lowest BCUT2D eigenvalue weighted by Gasteiger charge is -2.12. The minimum atomic E-state index is -4.78. The summed E-state index contributed by atoms with van der Waals surface area (Å²) >= 11 is 0. The van der Waals surface area contributed by atoms with Crippen molar-refractivity contribution in [3.05, 3.63) is 76.1 Å². The first-order chi connectivity index (χ1) is 11.7. The average Bonchev–Trinajstić information content (AvgIpc) is 2.54. The Bertz CT molecular complexity index is 833. The Kier molecular flexibility index (Phi) is 5.16. The lowest BCUT2D eigenvalue weighted by atomic mass is 10.1. The molecule has 0 fully saturated rings. The maximum atomic E-state index is 13.2. The van der Waals surface area contributed by atoms with Gasteiger partial charge in [0.2, 0.25) is 11.7 Å². The molecule has 0 aliphatic rings. The summed E-state index contributed by atoms with van der Waals surface area (Å²) < 4.78 is 52.7. The fourth-order valence-corrected chi connectivity index (χ4v) is 1.99. The zero-order valence-corrected chi connectivity index (χ0v) is 12.4. The molecule has 5 nitrogen and oxygen atoms in total. The van der Waals surface area contributed by atoms with Gasteiger partial charge in [0.1, 0.15) is 0 Å². The third kappa shape index (κ3) is 4.63. The summed E-state index contributed by atoms with van der Waals surface area (Å²) in [6.07, 6.45) is -4.45. The number of nitro benzene ring substituents is 1. The minimum absolute atomic E-state index is 0.205. The smallest absolute Gasteiger partial charge is 0.322 e. The first-order valence-corrected chi connectivity index (χ1v) is 6.77. The van der Waals surface area contributed by atoms with Gasteiger partial charge in [-0.25, -0.2) is 0 Å². The van der Waals surface area contributed by atoms with Crippen molar-refractivity contribution >= 4 is 22.9 Å². The van der Waals surface area contributed by atoms with Gasteiger partial charge in [0, 0.05) is 17.8 Å². The van der Waals surface area contributed by atoms with Gasteiger partial charge in [-0.15, -0.1) is 0 Å². The van der Waals surface area contributed by atoms with Crippen molar-refractivity contribution in [3.8, 4) is 0 Å². The summed E-state index contributed by atoms with van der Waals surface area (Å²) in [5.41, 5.74) is -2.50. The number of nitro groups is 1. The molecule has 2 rings (SSSR count). The van der Waals surface area contributed by atoms with Crippen molar-refractivity contribution in [1.82, 2.24) is 0 Å². The lowest BCUT2D eigenvalue weighted by molar-refractivity contribution is -0.387. The first kappa shape index (κ1) is 18.1. The Morgan fingerprint density at radius 3 is 2.32 bits per heavy atom. The van der Waals surface area contributed by atoms with E-state index >= 15 is 0 Å². The van der Waals surface area contributed by atoms with E-state index < -0.39 is 34.1 Å². The quantitative estimate of drug-likeness (QED) is 0.385. The van der Waals surface area contributed by atoms with Gasteiger partial charge in [0.15, 0.2) is 0 Å². The van der Waals surface area contributed by atoms with E-state index in [-0.39, 0.29) is 11.3 Å². The van der Waals surface area contributed by atoms with E-state index in [4.69, 9.17) is 0 Å². The van der Waals surface area contributed by atoms with Gasteiger partial charge in [0.05, 0.1) is 10.5 Å². The summed E-state index contributed by atoms with van der Waals surface area (Å²) in [6, 6.07) is 9.13.